The van der Waals surface area contributed by atoms with Crippen LogP contribution in [0.3, 0.4) is 0 Å². The number of ether oxygens (including phenoxy) is 1. The Morgan fingerprint density at radius 1 is 1.35 bits per heavy atom. The zero-order chi connectivity index (χ0) is 13.9. The Bertz CT molecular complexity index is 597. The van der Waals surface area contributed by atoms with Crippen LogP contribution >= 0.6 is 0 Å². The highest BCUT2D eigenvalue weighted by molar-refractivity contribution is 5.75. The third-order valence-electron chi connectivity index (χ3n) is 4.37. The van der Waals surface area contributed by atoms with Crippen molar-refractivity contribution in [2.75, 3.05) is 7.11 Å². The lowest BCUT2D eigenvalue weighted by Gasteiger charge is -2.27. The average Bonchev–Trinajstić information content (AvgIpc) is 2.91. The molecule has 1 saturated carbocycles. The summed E-state index contributed by atoms with van der Waals surface area (Å²) < 4.78 is 7.12. The van der Waals surface area contributed by atoms with E-state index in [9.17, 15) is 4.79 Å². The van der Waals surface area contributed by atoms with Crippen molar-refractivity contribution in [1.82, 2.24) is 9.55 Å². The van der Waals surface area contributed by atoms with Gasteiger partial charge in [0, 0.05) is 18.9 Å². The normalized spacial score (nSPS) is 22.9. The topological polar surface area (TPSA) is 44.1 Å². The van der Waals surface area contributed by atoms with Gasteiger partial charge in [-0.25, -0.2) is 0 Å². The predicted molar refractivity (Wildman–Crippen MR) is 77.2 cm³/mol. The first kappa shape index (κ1) is 13.2. The zero-order valence-corrected chi connectivity index (χ0v) is 11.8. The molecule has 1 aliphatic carbocycles. The summed E-state index contributed by atoms with van der Waals surface area (Å²) >= 11 is 0. The van der Waals surface area contributed by atoms with Crippen molar-refractivity contribution < 1.29 is 9.53 Å². The molecule has 2 aromatic heterocycles. The first-order chi connectivity index (χ1) is 9.78. The average molecular weight is 272 g/mol. The van der Waals surface area contributed by atoms with E-state index in [1.165, 1.54) is 12.6 Å². The van der Waals surface area contributed by atoms with Crippen molar-refractivity contribution in [3.8, 4) is 0 Å². The minimum Gasteiger partial charge on any atom is -0.469 e. The fraction of sp³-hybridized carbons (Fsp3) is 0.500. The molecule has 0 unspecified atom stereocenters. The summed E-state index contributed by atoms with van der Waals surface area (Å²) in [6, 6.07) is 6.16. The molecule has 20 heavy (non-hydrogen) atoms. The molecule has 2 heterocycles. The minimum absolute atomic E-state index is 0.0425. The van der Waals surface area contributed by atoms with Crippen LogP contribution < -0.4 is 0 Å². The number of carbonyl (C=O) groups excluding carboxylic acids is 1. The summed E-state index contributed by atoms with van der Waals surface area (Å²) in [6.07, 6.45) is 8.04. The largest absolute Gasteiger partial charge is 0.469 e. The van der Waals surface area contributed by atoms with Crippen LogP contribution in [0.1, 0.15) is 25.7 Å². The zero-order valence-electron chi connectivity index (χ0n) is 11.8. The molecule has 106 valence electrons. The van der Waals surface area contributed by atoms with Crippen LogP contribution in [0.15, 0.2) is 30.6 Å². The smallest absolute Gasteiger partial charge is 0.308 e. The summed E-state index contributed by atoms with van der Waals surface area (Å²) in [5.74, 6) is 0.713. The van der Waals surface area contributed by atoms with Crippen LogP contribution in [0.25, 0.3) is 11.0 Å². The molecule has 0 aromatic carbocycles. The molecule has 0 atom stereocenters. The molecule has 0 spiro atoms. The first-order valence-corrected chi connectivity index (χ1v) is 7.25. The lowest BCUT2D eigenvalue weighted by molar-refractivity contribution is -0.146. The highest BCUT2D eigenvalue weighted by Crippen LogP contribution is 2.31. The summed E-state index contributed by atoms with van der Waals surface area (Å²) in [7, 11) is 1.48. The van der Waals surface area contributed by atoms with Gasteiger partial charge in [-0.1, -0.05) is 0 Å². The summed E-state index contributed by atoms with van der Waals surface area (Å²) in [5, 5.41) is 0. The quantitative estimate of drug-likeness (QED) is 0.807. The third kappa shape index (κ3) is 2.55. The highest BCUT2D eigenvalue weighted by atomic mass is 16.5. The van der Waals surface area contributed by atoms with E-state index in [4.69, 9.17) is 4.74 Å². The van der Waals surface area contributed by atoms with Gasteiger partial charge in [0.15, 0.2) is 0 Å². The van der Waals surface area contributed by atoms with Crippen LogP contribution in [-0.2, 0) is 16.1 Å². The number of esters is 1. The minimum atomic E-state index is -0.0425. The van der Waals surface area contributed by atoms with Gasteiger partial charge in [-0.2, -0.15) is 0 Å². The van der Waals surface area contributed by atoms with Gasteiger partial charge in [0.05, 0.1) is 24.1 Å². The molecule has 0 radical (unpaired) electrons. The van der Waals surface area contributed by atoms with Gasteiger partial charge in [0.25, 0.3) is 0 Å². The molecule has 0 amide bonds. The van der Waals surface area contributed by atoms with Crippen LogP contribution in [0.5, 0.6) is 0 Å². The highest BCUT2D eigenvalue weighted by Gasteiger charge is 2.27. The van der Waals surface area contributed by atoms with E-state index in [1.807, 2.05) is 12.3 Å². The number of methoxy groups -OCH3 is 1. The monoisotopic (exact) mass is 272 g/mol. The Morgan fingerprint density at radius 3 is 2.90 bits per heavy atom. The Labute approximate surface area is 118 Å². The predicted octanol–water partition coefficient (Wildman–Crippen LogP) is 3.02. The molecule has 0 saturated heterocycles. The molecule has 3 rings (SSSR count). The Kier molecular flexibility index (Phi) is 3.72. The van der Waals surface area contributed by atoms with Gasteiger partial charge in [-0.15, -0.1) is 0 Å². The van der Waals surface area contributed by atoms with E-state index in [1.54, 1.807) is 0 Å². The second kappa shape index (κ2) is 5.65. The van der Waals surface area contributed by atoms with Crippen molar-refractivity contribution in [2.45, 2.75) is 32.2 Å². The van der Waals surface area contributed by atoms with E-state index in [0.29, 0.717) is 5.92 Å². The van der Waals surface area contributed by atoms with E-state index in [2.05, 4.69) is 27.9 Å². The van der Waals surface area contributed by atoms with Gasteiger partial charge in [-0.05, 0) is 49.8 Å². The van der Waals surface area contributed by atoms with E-state index in [0.717, 1.165) is 37.7 Å². The molecule has 0 bridgehead atoms. The molecule has 1 aliphatic rings. The lowest BCUT2D eigenvalue weighted by Crippen LogP contribution is -2.24. The van der Waals surface area contributed by atoms with Crippen LogP contribution in [0.4, 0.5) is 0 Å². The maximum absolute atomic E-state index is 11.5. The molecule has 2 aromatic rings. The number of fused-ring (bicyclic) bond motifs is 1. The molecule has 4 nitrogen and oxygen atoms in total. The van der Waals surface area contributed by atoms with Crippen LogP contribution in [0.2, 0.25) is 0 Å². The maximum Gasteiger partial charge on any atom is 0.308 e. The van der Waals surface area contributed by atoms with Crippen LogP contribution in [-0.4, -0.2) is 22.6 Å². The second-order valence-corrected chi connectivity index (χ2v) is 5.62. The Hall–Kier alpha value is -1.84. The van der Waals surface area contributed by atoms with Crippen LogP contribution in [0, 0.1) is 11.8 Å². The number of rotatable bonds is 3. The number of hydrogen-bond donors (Lipinski definition) is 0. The Balaban J connectivity index is 1.64. The van der Waals surface area contributed by atoms with Gasteiger partial charge in [0.1, 0.15) is 0 Å². The molecular weight excluding hydrogens is 252 g/mol. The number of pyridine rings is 1. The summed E-state index contributed by atoms with van der Waals surface area (Å²) in [5.41, 5.74) is 2.25. The van der Waals surface area contributed by atoms with Gasteiger partial charge < -0.3 is 9.30 Å². The molecule has 0 N–H and O–H groups in total. The second-order valence-electron chi connectivity index (χ2n) is 5.62. The number of aromatic nitrogens is 2. The fourth-order valence-corrected chi connectivity index (χ4v) is 3.21. The maximum atomic E-state index is 11.5. The van der Waals surface area contributed by atoms with Crippen molar-refractivity contribution in [2.24, 2.45) is 11.8 Å². The van der Waals surface area contributed by atoms with Crippen molar-refractivity contribution in [3.05, 3.63) is 30.6 Å². The summed E-state index contributed by atoms with van der Waals surface area (Å²) in [4.78, 5) is 15.9. The Morgan fingerprint density at radius 2 is 2.15 bits per heavy atom. The molecule has 4 heteroatoms. The SMILES string of the molecule is COC(=O)[C@H]1CC[C@H](Cn2ccc3ncccc32)CC1. The number of nitrogens with zero attached hydrogens (tertiary/aromatic N) is 2. The summed E-state index contributed by atoms with van der Waals surface area (Å²) in [6.45, 7) is 1.02. The lowest BCUT2D eigenvalue weighted by atomic mass is 9.82. The number of hydrogen-bond acceptors (Lipinski definition) is 3. The van der Waals surface area contributed by atoms with Crippen molar-refractivity contribution >= 4 is 17.0 Å². The first-order valence-electron chi connectivity index (χ1n) is 7.25. The standard InChI is InChI=1S/C16H20N2O2/c1-20-16(19)13-6-4-12(5-7-13)11-18-10-8-14-15(18)3-2-9-17-14/h2-3,8-10,12-13H,4-7,11H2,1H3/t12-,13-. The van der Waals surface area contributed by atoms with Gasteiger partial charge >= 0.3 is 5.97 Å². The van der Waals surface area contributed by atoms with Crippen molar-refractivity contribution in [3.63, 3.8) is 0 Å². The molecular formula is C16H20N2O2. The van der Waals surface area contributed by atoms with E-state index >= 15 is 0 Å². The van der Waals surface area contributed by atoms with Gasteiger partial charge in [0.2, 0.25) is 0 Å². The molecule has 0 aliphatic heterocycles. The third-order valence-corrected chi connectivity index (χ3v) is 4.37. The number of carbonyl (C=O) groups is 1. The van der Waals surface area contributed by atoms with E-state index < -0.39 is 0 Å². The molecule has 1 fully saturated rings. The fourth-order valence-electron chi connectivity index (χ4n) is 3.21. The van der Waals surface area contributed by atoms with E-state index in [-0.39, 0.29) is 11.9 Å². The van der Waals surface area contributed by atoms with Gasteiger partial charge in [-0.3, -0.25) is 9.78 Å². The van der Waals surface area contributed by atoms with Crippen molar-refractivity contribution in [1.29, 1.82) is 0 Å².